The van der Waals surface area contributed by atoms with Crippen molar-refractivity contribution in [2.45, 2.75) is 0 Å². The maximum absolute atomic E-state index is 5.81. The van der Waals surface area contributed by atoms with Crippen LogP contribution in [-0.2, 0) is 0 Å². The van der Waals surface area contributed by atoms with Crippen LogP contribution in [0.1, 0.15) is 0 Å². The predicted octanol–water partition coefficient (Wildman–Crippen LogP) is 1.86. The predicted molar refractivity (Wildman–Crippen MR) is 51.9 cm³/mol. The Morgan fingerprint density at radius 2 is 2.00 bits per heavy atom. The third-order valence-corrected chi connectivity index (χ3v) is 1.84. The molecule has 1 heterocycles. The maximum atomic E-state index is 5.81. The molecule has 2 rings (SSSR count). The summed E-state index contributed by atoms with van der Waals surface area (Å²) in [6.45, 7) is 0. The van der Waals surface area contributed by atoms with Crippen LogP contribution in [0.4, 0.5) is 0 Å². The van der Waals surface area contributed by atoms with Crippen LogP contribution in [0.5, 0.6) is 5.75 Å². The Balaban J connectivity index is 2.19. The quantitative estimate of drug-likeness (QED) is 0.703. The van der Waals surface area contributed by atoms with E-state index in [0.29, 0.717) is 10.8 Å². The van der Waals surface area contributed by atoms with Gasteiger partial charge in [-0.05, 0) is 12.1 Å². The highest BCUT2D eigenvalue weighted by Crippen LogP contribution is 2.15. The van der Waals surface area contributed by atoms with Gasteiger partial charge in [-0.1, -0.05) is 17.7 Å². The fourth-order valence-corrected chi connectivity index (χ4v) is 1.19. The molecule has 0 radical (unpaired) electrons. The second kappa shape index (κ2) is 4.07. The zero-order chi connectivity index (χ0) is 9.80. The smallest absolute Gasteiger partial charge is 0.241 e. The summed E-state index contributed by atoms with van der Waals surface area (Å²) in [5.74, 6) is 0.689. The van der Waals surface area contributed by atoms with Crippen LogP contribution in [0.25, 0.3) is 0 Å². The van der Waals surface area contributed by atoms with Gasteiger partial charge in [-0.15, -0.1) is 0 Å². The minimum Gasteiger partial charge on any atom is -0.252 e. The van der Waals surface area contributed by atoms with Gasteiger partial charge < -0.3 is 0 Å². The molecule has 1 aromatic carbocycles. The van der Waals surface area contributed by atoms with Gasteiger partial charge in [0.25, 0.3) is 0 Å². The first-order chi connectivity index (χ1) is 6.84. The van der Waals surface area contributed by atoms with Gasteiger partial charge >= 0.3 is 0 Å². The van der Waals surface area contributed by atoms with E-state index in [1.807, 2.05) is 12.1 Å². The molecule has 0 aliphatic rings. The first-order valence-electron chi connectivity index (χ1n) is 4.10. The zero-order valence-corrected chi connectivity index (χ0v) is 8.06. The summed E-state index contributed by atoms with van der Waals surface area (Å²) in [6, 6.07) is 7.21. The fraction of sp³-hybridized carbons (Fsp3) is 0. The Kier molecular flexibility index (Phi) is 2.60. The SMILES string of the molecule is Clc1cccc(O[n+]2ccncc2)c1. The molecule has 0 aliphatic heterocycles. The molecule has 0 saturated heterocycles. The lowest BCUT2D eigenvalue weighted by atomic mass is 10.3. The van der Waals surface area contributed by atoms with Crippen LogP contribution in [0.3, 0.4) is 0 Å². The number of hydrogen-bond acceptors (Lipinski definition) is 2. The molecule has 0 bridgehead atoms. The van der Waals surface area contributed by atoms with Crippen molar-refractivity contribution in [2.75, 3.05) is 0 Å². The van der Waals surface area contributed by atoms with Crippen molar-refractivity contribution in [2.24, 2.45) is 0 Å². The highest BCUT2D eigenvalue weighted by molar-refractivity contribution is 6.30. The average molecular weight is 208 g/mol. The van der Waals surface area contributed by atoms with E-state index in [0.717, 1.165) is 0 Å². The lowest BCUT2D eigenvalue weighted by molar-refractivity contribution is -0.875. The van der Waals surface area contributed by atoms with Gasteiger partial charge in [0.1, 0.15) is 0 Å². The molecule has 14 heavy (non-hydrogen) atoms. The van der Waals surface area contributed by atoms with Gasteiger partial charge in [0.15, 0.2) is 0 Å². The Morgan fingerprint density at radius 1 is 1.21 bits per heavy atom. The molecule has 3 nitrogen and oxygen atoms in total. The Bertz CT molecular complexity index is 419. The van der Waals surface area contributed by atoms with Crippen molar-refractivity contribution in [3.63, 3.8) is 0 Å². The first-order valence-corrected chi connectivity index (χ1v) is 4.47. The van der Waals surface area contributed by atoms with Gasteiger partial charge in [-0.2, -0.15) is 0 Å². The first kappa shape index (κ1) is 8.97. The number of halogens is 1. The monoisotopic (exact) mass is 207 g/mol. The molecule has 1 aromatic heterocycles. The summed E-state index contributed by atoms with van der Waals surface area (Å²) in [6.07, 6.45) is 6.71. The molecule has 4 heteroatoms. The normalized spacial score (nSPS) is 9.79. The zero-order valence-electron chi connectivity index (χ0n) is 7.30. The van der Waals surface area contributed by atoms with E-state index in [2.05, 4.69) is 4.98 Å². The highest BCUT2D eigenvalue weighted by Gasteiger charge is 2.02. The van der Waals surface area contributed by atoms with Crippen LogP contribution in [0.15, 0.2) is 49.1 Å². The fourth-order valence-electron chi connectivity index (χ4n) is 1.01. The second-order valence-corrected chi connectivity index (χ2v) is 3.09. The minimum atomic E-state index is 0.650. The number of hydrogen-bond donors (Lipinski definition) is 0. The van der Waals surface area contributed by atoms with Crippen molar-refractivity contribution in [1.82, 2.24) is 4.98 Å². The topological polar surface area (TPSA) is 26.0 Å². The van der Waals surface area contributed by atoms with Crippen molar-refractivity contribution < 1.29 is 9.57 Å². The molecule has 0 spiro atoms. The van der Waals surface area contributed by atoms with Crippen LogP contribution in [0.2, 0.25) is 5.02 Å². The number of nitrogens with zero attached hydrogens (tertiary/aromatic N) is 2. The third kappa shape index (κ3) is 2.20. The van der Waals surface area contributed by atoms with Gasteiger partial charge in [-0.3, -0.25) is 4.98 Å². The molecule has 0 saturated carbocycles. The Hall–Kier alpha value is -1.61. The van der Waals surface area contributed by atoms with E-state index >= 15 is 0 Å². The molecule has 0 aliphatic carbocycles. The van der Waals surface area contributed by atoms with Gasteiger partial charge in [-0.25, -0.2) is 4.84 Å². The Morgan fingerprint density at radius 3 is 2.71 bits per heavy atom. The summed E-state index contributed by atoms with van der Waals surface area (Å²) in [4.78, 5) is 9.33. The molecular weight excluding hydrogens is 200 g/mol. The largest absolute Gasteiger partial charge is 0.252 e. The molecule has 70 valence electrons. The minimum absolute atomic E-state index is 0.650. The summed E-state index contributed by atoms with van der Waals surface area (Å²) >= 11 is 5.81. The van der Waals surface area contributed by atoms with Crippen LogP contribution in [-0.4, -0.2) is 4.98 Å². The number of rotatable bonds is 2. The van der Waals surface area contributed by atoms with Gasteiger partial charge in [0.2, 0.25) is 18.1 Å². The molecule has 0 N–H and O–H groups in total. The van der Waals surface area contributed by atoms with E-state index in [1.54, 1.807) is 41.7 Å². The third-order valence-electron chi connectivity index (χ3n) is 1.61. The van der Waals surface area contributed by atoms with Crippen molar-refractivity contribution in [1.29, 1.82) is 0 Å². The molecule has 2 aromatic rings. The van der Waals surface area contributed by atoms with Crippen LogP contribution < -0.4 is 9.57 Å². The lowest BCUT2D eigenvalue weighted by Gasteiger charge is -1.96. The molecule has 0 fully saturated rings. The van der Waals surface area contributed by atoms with E-state index < -0.39 is 0 Å². The number of aromatic nitrogens is 2. The molecule has 0 amide bonds. The lowest BCUT2D eigenvalue weighted by Crippen LogP contribution is -2.38. The molecule has 0 unspecified atom stereocenters. The second-order valence-electron chi connectivity index (χ2n) is 2.65. The molecular formula is C10H8ClN2O+. The van der Waals surface area contributed by atoms with Crippen molar-refractivity contribution >= 4 is 11.6 Å². The highest BCUT2D eigenvalue weighted by atomic mass is 35.5. The van der Waals surface area contributed by atoms with Crippen LogP contribution in [0, 0.1) is 0 Å². The van der Waals surface area contributed by atoms with Crippen LogP contribution >= 0.6 is 11.6 Å². The number of benzene rings is 1. The maximum Gasteiger partial charge on any atom is 0.241 e. The molecule has 0 atom stereocenters. The van der Waals surface area contributed by atoms with Gasteiger partial charge in [0.05, 0.1) is 12.4 Å². The van der Waals surface area contributed by atoms with Crippen molar-refractivity contribution in [3.8, 4) is 5.75 Å². The summed E-state index contributed by atoms with van der Waals surface area (Å²) in [7, 11) is 0. The van der Waals surface area contributed by atoms with Crippen molar-refractivity contribution in [3.05, 3.63) is 54.1 Å². The van der Waals surface area contributed by atoms with E-state index in [9.17, 15) is 0 Å². The Labute approximate surface area is 86.5 Å². The van der Waals surface area contributed by atoms with E-state index in [-0.39, 0.29) is 0 Å². The van der Waals surface area contributed by atoms with Gasteiger partial charge in [0, 0.05) is 15.8 Å². The summed E-state index contributed by atoms with van der Waals surface area (Å²) < 4.78 is 1.55. The van der Waals surface area contributed by atoms with E-state index in [4.69, 9.17) is 16.4 Å². The standard InChI is InChI=1S/C10H8ClN2O/c11-9-2-1-3-10(8-9)14-13-6-4-12-5-7-13/h1-8H/q+1. The average Bonchev–Trinajstić information content (AvgIpc) is 2.19. The summed E-state index contributed by atoms with van der Waals surface area (Å²) in [5, 5.41) is 0.650. The summed E-state index contributed by atoms with van der Waals surface area (Å²) in [5.41, 5.74) is 0. The van der Waals surface area contributed by atoms with E-state index in [1.165, 1.54) is 0 Å².